The van der Waals surface area contributed by atoms with Crippen LogP contribution in [0.4, 0.5) is 5.69 Å². The maximum Gasteiger partial charge on any atom is 0.0633 e. The van der Waals surface area contributed by atoms with Crippen LogP contribution in [0.15, 0.2) is 18.2 Å². The molecule has 1 unspecified atom stereocenters. The van der Waals surface area contributed by atoms with Crippen LogP contribution in [0.2, 0.25) is 0 Å². The fourth-order valence-electron chi connectivity index (χ4n) is 2.99. The molecule has 3 heteroatoms. The van der Waals surface area contributed by atoms with Gasteiger partial charge in [-0.2, -0.15) is 0 Å². The van der Waals surface area contributed by atoms with Crippen molar-refractivity contribution in [2.24, 2.45) is 0 Å². The molecular formula is C15H24N2O. The number of benzene rings is 1. The maximum absolute atomic E-state index is 9.72. The second kappa shape index (κ2) is 4.90. The van der Waals surface area contributed by atoms with Gasteiger partial charge >= 0.3 is 0 Å². The number of nitrogens with zero attached hydrogens (tertiary/aromatic N) is 2. The van der Waals surface area contributed by atoms with Gasteiger partial charge < -0.3 is 10.0 Å². The Morgan fingerprint density at radius 2 is 1.89 bits per heavy atom. The molecule has 1 N–H and O–H groups in total. The Labute approximate surface area is 110 Å². The first-order valence-electron chi connectivity index (χ1n) is 6.60. The minimum atomic E-state index is -0.0886. The molecule has 100 valence electrons. The summed E-state index contributed by atoms with van der Waals surface area (Å²) in [6.45, 7) is 6.47. The van der Waals surface area contributed by atoms with E-state index in [1.807, 2.05) is 0 Å². The Hall–Kier alpha value is -1.06. The van der Waals surface area contributed by atoms with Crippen LogP contribution in [-0.2, 0) is 0 Å². The maximum atomic E-state index is 9.72. The van der Waals surface area contributed by atoms with E-state index < -0.39 is 0 Å². The van der Waals surface area contributed by atoms with Crippen molar-refractivity contribution in [3.63, 3.8) is 0 Å². The molecule has 1 atom stereocenters. The number of aliphatic hydroxyl groups is 1. The van der Waals surface area contributed by atoms with Crippen molar-refractivity contribution in [3.8, 4) is 0 Å². The summed E-state index contributed by atoms with van der Waals surface area (Å²) in [4.78, 5) is 4.58. The molecule has 1 saturated heterocycles. The monoisotopic (exact) mass is 248 g/mol. The quantitative estimate of drug-likeness (QED) is 0.883. The molecular weight excluding hydrogens is 224 g/mol. The molecule has 1 aliphatic rings. The summed E-state index contributed by atoms with van der Waals surface area (Å²) >= 11 is 0. The van der Waals surface area contributed by atoms with Gasteiger partial charge in [-0.3, -0.25) is 4.90 Å². The smallest absolute Gasteiger partial charge is 0.0633 e. The van der Waals surface area contributed by atoms with Crippen LogP contribution in [0, 0.1) is 13.8 Å². The number of hydrogen-bond acceptors (Lipinski definition) is 3. The third-order valence-corrected chi connectivity index (χ3v) is 4.33. The van der Waals surface area contributed by atoms with E-state index in [1.165, 1.54) is 16.8 Å². The van der Waals surface area contributed by atoms with Gasteiger partial charge in [0.05, 0.1) is 12.1 Å². The highest BCUT2D eigenvalue weighted by atomic mass is 16.3. The Bertz CT molecular complexity index is 410. The number of likely N-dealkylation sites (N-methyl/N-ethyl adjacent to an activating group) is 1. The van der Waals surface area contributed by atoms with Crippen LogP contribution in [0.5, 0.6) is 0 Å². The van der Waals surface area contributed by atoms with Gasteiger partial charge in [0.15, 0.2) is 0 Å². The molecule has 1 aromatic rings. The zero-order valence-corrected chi connectivity index (χ0v) is 11.9. The van der Waals surface area contributed by atoms with Crippen molar-refractivity contribution in [3.05, 3.63) is 29.3 Å². The molecule has 0 amide bonds. The highest BCUT2D eigenvalue weighted by molar-refractivity contribution is 5.60. The van der Waals surface area contributed by atoms with E-state index >= 15 is 0 Å². The molecule has 0 aliphatic carbocycles. The molecule has 1 aromatic carbocycles. The van der Waals surface area contributed by atoms with Gasteiger partial charge in [-0.25, -0.2) is 0 Å². The predicted octanol–water partition coefficient (Wildman–Crippen LogP) is 1.81. The average molecular weight is 248 g/mol. The van der Waals surface area contributed by atoms with Gasteiger partial charge in [0.25, 0.3) is 0 Å². The van der Waals surface area contributed by atoms with Gasteiger partial charge in [0.2, 0.25) is 0 Å². The molecule has 0 aromatic heterocycles. The molecule has 1 fully saturated rings. The van der Waals surface area contributed by atoms with Gasteiger partial charge in [-0.1, -0.05) is 18.2 Å². The summed E-state index contributed by atoms with van der Waals surface area (Å²) in [5.41, 5.74) is 3.90. The van der Waals surface area contributed by atoms with Crippen LogP contribution in [0.1, 0.15) is 17.5 Å². The summed E-state index contributed by atoms with van der Waals surface area (Å²) in [7, 11) is 4.12. The van der Waals surface area contributed by atoms with Crippen LogP contribution in [0.25, 0.3) is 0 Å². The lowest BCUT2D eigenvalue weighted by Crippen LogP contribution is -2.49. The van der Waals surface area contributed by atoms with Crippen LogP contribution in [0.3, 0.4) is 0 Å². The highest BCUT2D eigenvalue weighted by Crippen LogP contribution is 2.33. The van der Waals surface area contributed by atoms with E-state index in [2.05, 4.69) is 55.9 Å². The first-order valence-corrected chi connectivity index (χ1v) is 6.60. The van der Waals surface area contributed by atoms with E-state index in [-0.39, 0.29) is 12.1 Å². The minimum Gasteiger partial charge on any atom is -0.394 e. The molecule has 0 bridgehead atoms. The third-order valence-electron chi connectivity index (χ3n) is 4.33. The molecule has 18 heavy (non-hydrogen) atoms. The zero-order valence-electron chi connectivity index (χ0n) is 11.9. The topological polar surface area (TPSA) is 26.7 Å². The van der Waals surface area contributed by atoms with Crippen LogP contribution >= 0.6 is 0 Å². The number of rotatable bonds is 3. The Morgan fingerprint density at radius 1 is 1.28 bits per heavy atom. The molecule has 0 saturated carbocycles. The Morgan fingerprint density at radius 3 is 2.33 bits per heavy atom. The largest absolute Gasteiger partial charge is 0.394 e. The van der Waals surface area contributed by atoms with Crippen molar-refractivity contribution in [2.45, 2.75) is 25.8 Å². The molecule has 2 rings (SSSR count). The number of aliphatic hydroxyl groups excluding tert-OH is 1. The lowest BCUT2D eigenvalue weighted by molar-refractivity contribution is 0.0867. The molecule has 1 aliphatic heterocycles. The van der Waals surface area contributed by atoms with Crippen LogP contribution < -0.4 is 4.90 Å². The zero-order chi connectivity index (χ0) is 13.3. The van der Waals surface area contributed by atoms with E-state index in [9.17, 15) is 5.11 Å². The highest BCUT2D eigenvalue weighted by Gasteiger charge is 2.40. The number of aryl methyl sites for hydroxylation is 2. The van der Waals surface area contributed by atoms with Gasteiger partial charge in [0.1, 0.15) is 0 Å². The van der Waals surface area contributed by atoms with Crippen molar-refractivity contribution in [1.29, 1.82) is 0 Å². The standard InChI is InChI=1S/C15H24N2O/c1-12-6-5-7-13(2)14(12)17-9-8-15(10-17,11-18)16(3)4/h5-7,18H,8-11H2,1-4H3. The number of hydrogen-bond donors (Lipinski definition) is 1. The second-order valence-electron chi connectivity index (χ2n) is 5.69. The number of para-hydroxylation sites is 1. The average Bonchev–Trinajstić information content (AvgIpc) is 2.74. The van der Waals surface area contributed by atoms with E-state index in [0.717, 1.165) is 19.5 Å². The predicted molar refractivity (Wildman–Crippen MR) is 76.2 cm³/mol. The lowest BCUT2D eigenvalue weighted by atomic mass is 9.98. The normalized spacial score (nSPS) is 24.0. The van der Waals surface area contributed by atoms with Gasteiger partial charge in [-0.05, 0) is 45.5 Å². The Kier molecular flexibility index (Phi) is 3.64. The molecule has 0 radical (unpaired) electrons. The van der Waals surface area contributed by atoms with E-state index in [4.69, 9.17) is 0 Å². The summed E-state index contributed by atoms with van der Waals surface area (Å²) in [6, 6.07) is 6.43. The fourth-order valence-corrected chi connectivity index (χ4v) is 2.99. The number of anilines is 1. The summed E-state index contributed by atoms with van der Waals surface area (Å²) in [5.74, 6) is 0. The van der Waals surface area contributed by atoms with Crippen molar-refractivity contribution in [2.75, 3.05) is 38.7 Å². The summed E-state index contributed by atoms with van der Waals surface area (Å²) in [6.07, 6.45) is 1.02. The molecule has 0 spiro atoms. The van der Waals surface area contributed by atoms with E-state index in [0.29, 0.717) is 0 Å². The van der Waals surface area contributed by atoms with Crippen molar-refractivity contribution >= 4 is 5.69 Å². The Balaban J connectivity index is 2.28. The first-order chi connectivity index (χ1) is 8.50. The molecule has 3 nitrogen and oxygen atoms in total. The minimum absolute atomic E-state index is 0.0886. The molecule has 1 heterocycles. The van der Waals surface area contributed by atoms with Gasteiger partial charge in [-0.15, -0.1) is 0 Å². The van der Waals surface area contributed by atoms with Crippen molar-refractivity contribution in [1.82, 2.24) is 4.90 Å². The van der Waals surface area contributed by atoms with E-state index in [1.54, 1.807) is 0 Å². The van der Waals surface area contributed by atoms with Crippen molar-refractivity contribution < 1.29 is 5.11 Å². The lowest BCUT2D eigenvalue weighted by Gasteiger charge is -2.35. The second-order valence-corrected chi connectivity index (χ2v) is 5.69. The first kappa shape index (κ1) is 13.4. The fraction of sp³-hybridized carbons (Fsp3) is 0.600. The van der Waals surface area contributed by atoms with Crippen LogP contribution in [-0.4, -0.2) is 49.3 Å². The van der Waals surface area contributed by atoms with Gasteiger partial charge in [0, 0.05) is 18.8 Å². The SMILES string of the molecule is Cc1cccc(C)c1N1CCC(CO)(N(C)C)C1. The third kappa shape index (κ3) is 2.13. The summed E-state index contributed by atoms with van der Waals surface area (Å²) < 4.78 is 0. The summed E-state index contributed by atoms with van der Waals surface area (Å²) in [5, 5.41) is 9.72.